The quantitative estimate of drug-likeness (QED) is 0.432. The third kappa shape index (κ3) is 5.64. The van der Waals surface area contributed by atoms with E-state index in [-0.39, 0.29) is 17.7 Å². The second-order valence-electron chi connectivity index (χ2n) is 11.0. The second kappa shape index (κ2) is 11.1. The first-order chi connectivity index (χ1) is 18.7. The Labute approximate surface area is 230 Å². The van der Waals surface area contributed by atoms with Crippen molar-refractivity contribution >= 4 is 17.7 Å². The van der Waals surface area contributed by atoms with Crippen LogP contribution in [0.25, 0.3) is 0 Å². The number of nitrogens with zero attached hydrogens (tertiary/aromatic N) is 1. The Hall–Kier alpha value is -3.84. The van der Waals surface area contributed by atoms with E-state index in [0.29, 0.717) is 25.3 Å². The summed E-state index contributed by atoms with van der Waals surface area (Å²) in [5, 5.41) is 13.0. The Morgan fingerprint density at radius 2 is 1.74 bits per heavy atom. The van der Waals surface area contributed by atoms with E-state index in [9.17, 15) is 14.7 Å². The number of hydrogen-bond acceptors (Lipinski definition) is 5. The molecule has 2 atom stereocenters. The number of methoxy groups -OCH3 is 1. The minimum absolute atomic E-state index is 0.207. The van der Waals surface area contributed by atoms with E-state index in [1.165, 1.54) is 23.8 Å². The van der Waals surface area contributed by atoms with Gasteiger partial charge in [0.15, 0.2) is 0 Å². The van der Waals surface area contributed by atoms with E-state index in [0.717, 1.165) is 47.2 Å². The lowest BCUT2D eigenvalue weighted by Gasteiger charge is -2.34. The van der Waals surface area contributed by atoms with Gasteiger partial charge in [-0.1, -0.05) is 36.4 Å². The molecule has 39 heavy (non-hydrogen) atoms. The zero-order valence-corrected chi connectivity index (χ0v) is 22.9. The van der Waals surface area contributed by atoms with Gasteiger partial charge in [0.2, 0.25) is 5.91 Å². The molecular weight excluding hydrogens is 490 g/mol. The van der Waals surface area contributed by atoms with Crippen LogP contribution in [0.1, 0.15) is 51.4 Å². The number of amides is 2. The summed E-state index contributed by atoms with van der Waals surface area (Å²) in [4.78, 5) is 27.4. The third-order valence-electron chi connectivity index (χ3n) is 8.21. The van der Waals surface area contributed by atoms with Crippen molar-refractivity contribution in [1.82, 2.24) is 5.32 Å². The van der Waals surface area contributed by atoms with E-state index in [1.54, 1.807) is 17.0 Å². The van der Waals surface area contributed by atoms with Crippen LogP contribution >= 0.6 is 0 Å². The normalized spacial score (nSPS) is 17.3. The minimum Gasteiger partial charge on any atom is -0.508 e. The summed E-state index contributed by atoms with van der Waals surface area (Å²) in [7, 11) is 1.38. The number of carbonyl (C=O) groups is 2. The van der Waals surface area contributed by atoms with E-state index in [1.807, 2.05) is 19.9 Å². The average molecular weight is 528 g/mol. The molecule has 4 N–H and O–H groups in total. The summed E-state index contributed by atoms with van der Waals surface area (Å²) in [6.07, 6.45) is 3.59. The molecule has 0 spiro atoms. The molecule has 0 radical (unpaired) electrons. The van der Waals surface area contributed by atoms with Crippen LogP contribution in [0.15, 0.2) is 54.6 Å². The first-order valence-corrected chi connectivity index (χ1v) is 13.6. The molecule has 0 bridgehead atoms. The molecule has 3 aromatic carbocycles. The number of nitrogens with one attached hydrogen (secondary N) is 1. The number of ether oxygens (including phenoxy) is 1. The zero-order chi connectivity index (χ0) is 27.7. The fraction of sp³-hybridized carbons (Fsp3) is 0.375. The van der Waals surface area contributed by atoms with Gasteiger partial charge in [0.25, 0.3) is 0 Å². The molecular formula is C32H37N3O4. The van der Waals surface area contributed by atoms with Crippen molar-refractivity contribution < 1.29 is 19.4 Å². The van der Waals surface area contributed by atoms with Crippen molar-refractivity contribution in [2.24, 2.45) is 11.7 Å². The number of fused-ring (bicyclic) bond motifs is 2. The number of rotatable bonds is 6. The van der Waals surface area contributed by atoms with Crippen LogP contribution < -0.4 is 16.0 Å². The standard InChI is InChI=1S/C32H37N3O4/c1-19-12-25(36)13-20(2)26(19)18-28(33)31(37)34-29-10-11-35(32(38)39-3)30-9-8-21(17-27(29)30)14-22-15-23-6-4-5-7-24(23)16-22/h4-9,12-13,17,22,28-29,36H,10-11,14-16,18,33H2,1-3H3,(H,34,37). The second-order valence-corrected chi connectivity index (χ2v) is 11.0. The van der Waals surface area contributed by atoms with Gasteiger partial charge in [-0.15, -0.1) is 0 Å². The number of phenolic OH excluding ortho intramolecular Hbond substituents is 1. The Morgan fingerprint density at radius 1 is 1.08 bits per heavy atom. The van der Waals surface area contributed by atoms with Gasteiger partial charge >= 0.3 is 6.09 Å². The van der Waals surface area contributed by atoms with Crippen molar-refractivity contribution in [2.45, 2.75) is 58.0 Å². The molecule has 7 nitrogen and oxygen atoms in total. The number of carbonyl (C=O) groups excluding carboxylic acids is 2. The Kier molecular flexibility index (Phi) is 7.62. The topological polar surface area (TPSA) is 105 Å². The van der Waals surface area contributed by atoms with Gasteiger partial charge in [-0.3, -0.25) is 9.69 Å². The van der Waals surface area contributed by atoms with Gasteiger partial charge in [-0.2, -0.15) is 0 Å². The molecule has 3 aromatic rings. The molecule has 0 saturated carbocycles. The lowest BCUT2D eigenvalue weighted by Crippen LogP contribution is -2.46. The Balaban J connectivity index is 1.35. The summed E-state index contributed by atoms with van der Waals surface area (Å²) in [5.74, 6) is 0.498. The molecule has 2 amide bonds. The minimum atomic E-state index is -0.741. The monoisotopic (exact) mass is 527 g/mol. The predicted octanol–water partition coefficient (Wildman–Crippen LogP) is 4.67. The molecule has 2 aliphatic rings. The SMILES string of the molecule is COC(=O)N1CCC(NC(=O)C(N)Cc2c(C)cc(O)cc2C)c2cc(CC3Cc4ccccc4C3)ccc21. The number of anilines is 1. The van der Waals surface area contributed by atoms with Crippen LogP contribution in [0.2, 0.25) is 0 Å². The number of nitrogens with two attached hydrogens (primary N) is 1. The van der Waals surface area contributed by atoms with E-state index >= 15 is 0 Å². The molecule has 5 rings (SSSR count). The summed E-state index contributed by atoms with van der Waals surface area (Å²) < 4.78 is 5.03. The molecule has 0 aromatic heterocycles. The highest BCUT2D eigenvalue weighted by atomic mass is 16.5. The van der Waals surface area contributed by atoms with Crippen molar-refractivity contribution in [2.75, 3.05) is 18.6 Å². The molecule has 204 valence electrons. The molecule has 1 aliphatic heterocycles. The summed E-state index contributed by atoms with van der Waals surface area (Å²) >= 11 is 0. The van der Waals surface area contributed by atoms with Crippen LogP contribution in [-0.2, 0) is 35.2 Å². The van der Waals surface area contributed by atoms with Crippen molar-refractivity contribution in [3.05, 3.63) is 93.5 Å². The predicted molar refractivity (Wildman–Crippen MR) is 152 cm³/mol. The zero-order valence-electron chi connectivity index (χ0n) is 22.9. The van der Waals surface area contributed by atoms with Gasteiger partial charge in [0, 0.05) is 6.54 Å². The number of phenols is 1. The summed E-state index contributed by atoms with van der Waals surface area (Å²) in [5.41, 5.74) is 14.9. The molecule has 2 unspecified atom stereocenters. The van der Waals surface area contributed by atoms with E-state index in [4.69, 9.17) is 10.5 Å². The largest absolute Gasteiger partial charge is 0.508 e. The molecule has 7 heteroatoms. The Bertz CT molecular complexity index is 1350. The van der Waals surface area contributed by atoms with Crippen molar-refractivity contribution in [1.29, 1.82) is 0 Å². The number of benzene rings is 3. The number of hydrogen-bond donors (Lipinski definition) is 3. The molecule has 0 fully saturated rings. The maximum Gasteiger partial charge on any atom is 0.414 e. The summed E-state index contributed by atoms with van der Waals surface area (Å²) in [6, 6.07) is 17.2. The van der Waals surface area contributed by atoms with Crippen LogP contribution in [0, 0.1) is 19.8 Å². The van der Waals surface area contributed by atoms with Gasteiger partial charge in [0.1, 0.15) is 5.75 Å². The smallest absolute Gasteiger partial charge is 0.414 e. The van der Waals surface area contributed by atoms with E-state index in [2.05, 4.69) is 41.7 Å². The number of aryl methyl sites for hydroxylation is 2. The fourth-order valence-electron chi connectivity index (χ4n) is 6.25. The number of aromatic hydroxyl groups is 1. The van der Waals surface area contributed by atoms with Crippen molar-refractivity contribution in [3.63, 3.8) is 0 Å². The first-order valence-electron chi connectivity index (χ1n) is 13.6. The highest BCUT2D eigenvalue weighted by Gasteiger charge is 2.32. The molecule has 1 heterocycles. The van der Waals surface area contributed by atoms with Crippen molar-refractivity contribution in [3.8, 4) is 5.75 Å². The lowest BCUT2D eigenvalue weighted by atomic mass is 9.90. The van der Waals surface area contributed by atoms with Gasteiger partial charge in [0.05, 0.1) is 24.9 Å². The molecule has 1 aliphatic carbocycles. The van der Waals surface area contributed by atoms with Crippen LogP contribution in [-0.4, -0.2) is 36.8 Å². The van der Waals surface area contributed by atoms with E-state index < -0.39 is 12.1 Å². The van der Waals surface area contributed by atoms with Gasteiger partial charge in [-0.05, 0) is 109 Å². The lowest BCUT2D eigenvalue weighted by molar-refractivity contribution is -0.123. The maximum absolute atomic E-state index is 13.3. The Morgan fingerprint density at radius 3 is 2.38 bits per heavy atom. The van der Waals surface area contributed by atoms with Crippen LogP contribution in [0.3, 0.4) is 0 Å². The van der Waals surface area contributed by atoms with Gasteiger partial charge in [-0.25, -0.2) is 4.79 Å². The third-order valence-corrected chi connectivity index (χ3v) is 8.21. The van der Waals surface area contributed by atoms with Gasteiger partial charge < -0.3 is 20.9 Å². The molecule has 0 saturated heterocycles. The maximum atomic E-state index is 13.3. The van der Waals surface area contributed by atoms with Crippen LogP contribution in [0.5, 0.6) is 5.75 Å². The first kappa shape index (κ1) is 26.8. The fourth-order valence-corrected chi connectivity index (χ4v) is 6.25. The highest BCUT2D eigenvalue weighted by molar-refractivity contribution is 5.90. The average Bonchev–Trinajstić information content (AvgIpc) is 3.32. The van der Waals surface area contributed by atoms with Crippen LogP contribution in [0.4, 0.5) is 10.5 Å². The summed E-state index contributed by atoms with van der Waals surface area (Å²) in [6.45, 7) is 4.26. The highest BCUT2D eigenvalue weighted by Crippen LogP contribution is 2.37.